The Labute approximate surface area is 113 Å². The maximum Gasteiger partial charge on any atom is 0.130 e. The molecule has 3 N–H and O–H groups in total. The summed E-state index contributed by atoms with van der Waals surface area (Å²) in [6.45, 7) is 0.624. The molecular formula is C16H18N2O. The summed E-state index contributed by atoms with van der Waals surface area (Å²) < 4.78 is 5.70. The van der Waals surface area contributed by atoms with Crippen LogP contribution in [-0.2, 0) is 6.42 Å². The van der Waals surface area contributed by atoms with Gasteiger partial charge in [-0.2, -0.15) is 0 Å². The molecule has 3 heteroatoms. The van der Waals surface area contributed by atoms with E-state index in [1.807, 2.05) is 36.4 Å². The average Bonchev–Trinajstić information content (AvgIpc) is 2.45. The summed E-state index contributed by atoms with van der Waals surface area (Å²) in [6, 6.07) is 17.7. The molecule has 2 aromatic carbocycles. The van der Waals surface area contributed by atoms with Crippen LogP contribution in [0.1, 0.15) is 17.5 Å². The van der Waals surface area contributed by atoms with E-state index >= 15 is 0 Å². The Morgan fingerprint density at radius 1 is 1.00 bits per heavy atom. The lowest BCUT2D eigenvalue weighted by Crippen LogP contribution is -2.13. The molecule has 0 bridgehead atoms. The minimum absolute atomic E-state index is 0.0404. The van der Waals surface area contributed by atoms with Crippen LogP contribution in [0, 0.1) is 5.41 Å². The van der Waals surface area contributed by atoms with Crippen LogP contribution in [0.25, 0.3) is 0 Å². The van der Waals surface area contributed by atoms with Crippen molar-refractivity contribution >= 4 is 5.84 Å². The largest absolute Gasteiger partial charge is 0.493 e. The minimum Gasteiger partial charge on any atom is -0.493 e. The zero-order valence-corrected chi connectivity index (χ0v) is 10.8. The predicted molar refractivity (Wildman–Crippen MR) is 77.7 cm³/mol. The molecule has 0 unspecified atom stereocenters. The summed E-state index contributed by atoms with van der Waals surface area (Å²) in [7, 11) is 0. The molecule has 0 aromatic heterocycles. The van der Waals surface area contributed by atoms with E-state index in [1.54, 1.807) is 6.07 Å². The van der Waals surface area contributed by atoms with E-state index in [-0.39, 0.29) is 5.84 Å². The summed E-state index contributed by atoms with van der Waals surface area (Å²) in [5, 5.41) is 7.49. The number of para-hydroxylation sites is 1. The molecule has 0 atom stereocenters. The standard InChI is InChI=1S/C16H18N2O/c17-16(18)14-10-4-5-11-15(14)19-12-6-9-13-7-2-1-3-8-13/h1-5,7-8,10-11H,6,9,12H2,(H3,17,18). The minimum atomic E-state index is 0.0404. The highest BCUT2D eigenvalue weighted by Gasteiger charge is 2.04. The van der Waals surface area contributed by atoms with Crippen LogP contribution < -0.4 is 10.5 Å². The summed E-state index contributed by atoms with van der Waals surface area (Å²) in [6.07, 6.45) is 1.93. The molecule has 0 amide bonds. The van der Waals surface area contributed by atoms with Crippen LogP contribution >= 0.6 is 0 Å². The zero-order chi connectivity index (χ0) is 13.5. The predicted octanol–water partition coefficient (Wildman–Crippen LogP) is 2.98. The molecule has 0 aliphatic carbocycles. The third-order valence-electron chi connectivity index (χ3n) is 2.89. The van der Waals surface area contributed by atoms with Gasteiger partial charge in [0, 0.05) is 0 Å². The molecule has 0 radical (unpaired) electrons. The summed E-state index contributed by atoms with van der Waals surface area (Å²) in [4.78, 5) is 0. The van der Waals surface area contributed by atoms with Crippen LogP contribution in [0.4, 0.5) is 0 Å². The van der Waals surface area contributed by atoms with Gasteiger partial charge in [-0.25, -0.2) is 0 Å². The van der Waals surface area contributed by atoms with Gasteiger partial charge in [-0.1, -0.05) is 42.5 Å². The number of hydrogen-bond donors (Lipinski definition) is 2. The Bertz CT molecular complexity index is 537. The van der Waals surface area contributed by atoms with Gasteiger partial charge in [0.1, 0.15) is 11.6 Å². The third kappa shape index (κ3) is 3.85. The molecule has 0 aliphatic heterocycles. The van der Waals surface area contributed by atoms with E-state index in [0.29, 0.717) is 17.9 Å². The third-order valence-corrected chi connectivity index (χ3v) is 2.89. The number of nitrogens with two attached hydrogens (primary N) is 1. The molecule has 0 spiro atoms. The van der Waals surface area contributed by atoms with Crippen LogP contribution in [0.15, 0.2) is 54.6 Å². The van der Waals surface area contributed by atoms with Crippen molar-refractivity contribution in [2.45, 2.75) is 12.8 Å². The molecule has 0 aliphatic rings. The second kappa shape index (κ2) is 6.59. The molecular weight excluding hydrogens is 236 g/mol. The Morgan fingerprint density at radius 3 is 2.42 bits per heavy atom. The summed E-state index contributed by atoms with van der Waals surface area (Å²) in [5.74, 6) is 0.724. The number of ether oxygens (including phenoxy) is 1. The molecule has 2 rings (SSSR count). The van der Waals surface area contributed by atoms with E-state index in [2.05, 4.69) is 12.1 Å². The fourth-order valence-corrected chi connectivity index (χ4v) is 1.92. The first-order valence-electron chi connectivity index (χ1n) is 6.37. The lowest BCUT2D eigenvalue weighted by Gasteiger charge is -2.10. The molecule has 0 saturated heterocycles. The Hall–Kier alpha value is -2.29. The number of amidine groups is 1. The van der Waals surface area contributed by atoms with E-state index in [4.69, 9.17) is 15.9 Å². The summed E-state index contributed by atoms with van der Waals surface area (Å²) >= 11 is 0. The van der Waals surface area contributed by atoms with Crippen molar-refractivity contribution in [3.05, 3.63) is 65.7 Å². The highest BCUT2D eigenvalue weighted by atomic mass is 16.5. The van der Waals surface area contributed by atoms with Crippen LogP contribution in [0.2, 0.25) is 0 Å². The quantitative estimate of drug-likeness (QED) is 0.473. The molecule has 19 heavy (non-hydrogen) atoms. The zero-order valence-electron chi connectivity index (χ0n) is 10.8. The Morgan fingerprint density at radius 2 is 1.68 bits per heavy atom. The van der Waals surface area contributed by atoms with Crippen molar-refractivity contribution in [1.82, 2.24) is 0 Å². The molecule has 98 valence electrons. The normalized spacial score (nSPS) is 10.1. The van der Waals surface area contributed by atoms with Gasteiger partial charge in [-0.3, -0.25) is 5.41 Å². The smallest absolute Gasteiger partial charge is 0.130 e. The van der Waals surface area contributed by atoms with Crippen molar-refractivity contribution in [3.8, 4) is 5.75 Å². The fraction of sp³-hybridized carbons (Fsp3) is 0.188. The maximum atomic E-state index is 7.49. The van der Waals surface area contributed by atoms with E-state index in [9.17, 15) is 0 Å². The van der Waals surface area contributed by atoms with Crippen LogP contribution in [0.3, 0.4) is 0 Å². The topological polar surface area (TPSA) is 59.1 Å². The monoisotopic (exact) mass is 254 g/mol. The van der Waals surface area contributed by atoms with Crippen molar-refractivity contribution in [2.75, 3.05) is 6.61 Å². The molecule has 2 aromatic rings. The first-order valence-corrected chi connectivity index (χ1v) is 6.37. The highest BCUT2D eigenvalue weighted by molar-refractivity contribution is 5.97. The molecule has 0 heterocycles. The molecule has 0 saturated carbocycles. The van der Waals surface area contributed by atoms with Gasteiger partial charge in [-0.05, 0) is 30.5 Å². The van der Waals surface area contributed by atoms with Gasteiger partial charge in [-0.15, -0.1) is 0 Å². The number of aryl methyl sites for hydroxylation is 1. The number of rotatable bonds is 6. The maximum absolute atomic E-state index is 7.49. The van der Waals surface area contributed by atoms with Crippen molar-refractivity contribution in [2.24, 2.45) is 5.73 Å². The van der Waals surface area contributed by atoms with Gasteiger partial charge in [0.25, 0.3) is 0 Å². The van der Waals surface area contributed by atoms with Crippen LogP contribution in [0.5, 0.6) is 5.75 Å². The first-order chi connectivity index (χ1) is 9.27. The van der Waals surface area contributed by atoms with Crippen LogP contribution in [-0.4, -0.2) is 12.4 Å². The number of nitrogens with one attached hydrogen (secondary N) is 1. The fourth-order valence-electron chi connectivity index (χ4n) is 1.92. The molecule has 0 fully saturated rings. The number of hydrogen-bond acceptors (Lipinski definition) is 2. The van der Waals surface area contributed by atoms with Crippen molar-refractivity contribution < 1.29 is 4.74 Å². The van der Waals surface area contributed by atoms with Gasteiger partial charge >= 0.3 is 0 Å². The Balaban J connectivity index is 1.85. The van der Waals surface area contributed by atoms with E-state index < -0.39 is 0 Å². The number of benzene rings is 2. The van der Waals surface area contributed by atoms with E-state index in [1.165, 1.54) is 5.56 Å². The van der Waals surface area contributed by atoms with Crippen molar-refractivity contribution in [3.63, 3.8) is 0 Å². The highest BCUT2D eigenvalue weighted by Crippen LogP contribution is 2.17. The lowest BCUT2D eigenvalue weighted by atomic mass is 10.1. The van der Waals surface area contributed by atoms with E-state index in [0.717, 1.165) is 12.8 Å². The van der Waals surface area contributed by atoms with Gasteiger partial charge in [0.05, 0.1) is 12.2 Å². The second-order valence-electron chi connectivity index (χ2n) is 4.35. The SMILES string of the molecule is N=C(N)c1ccccc1OCCCc1ccccc1. The lowest BCUT2D eigenvalue weighted by molar-refractivity contribution is 0.310. The Kier molecular flexibility index (Phi) is 4.56. The molecule has 3 nitrogen and oxygen atoms in total. The van der Waals surface area contributed by atoms with Gasteiger partial charge in [0.2, 0.25) is 0 Å². The number of nitrogen functional groups attached to an aromatic ring is 1. The first kappa shape index (κ1) is 13.1. The average molecular weight is 254 g/mol. The summed E-state index contributed by atoms with van der Waals surface area (Å²) in [5.41, 5.74) is 7.48. The second-order valence-corrected chi connectivity index (χ2v) is 4.35. The van der Waals surface area contributed by atoms with Crippen molar-refractivity contribution in [1.29, 1.82) is 5.41 Å². The van der Waals surface area contributed by atoms with Gasteiger partial charge < -0.3 is 10.5 Å². The van der Waals surface area contributed by atoms with Gasteiger partial charge in [0.15, 0.2) is 0 Å².